The number of rotatable bonds is 2. The predicted molar refractivity (Wildman–Crippen MR) is 72.6 cm³/mol. The molecule has 1 heterocycles. The van der Waals surface area contributed by atoms with Crippen LogP contribution in [0.15, 0.2) is 18.5 Å². The number of carbonyl (C=O) groups excluding carboxylic acids is 1. The second-order valence-corrected chi connectivity index (χ2v) is 4.99. The first kappa shape index (κ1) is 12.6. The molecule has 0 aliphatic rings. The highest BCUT2D eigenvalue weighted by atomic mass is 16.2. The van der Waals surface area contributed by atoms with E-state index in [9.17, 15) is 4.79 Å². The van der Waals surface area contributed by atoms with E-state index in [4.69, 9.17) is 0 Å². The highest BCUT2D eigenvalue weighted by molar-refractivity contribution is 5.84. The minimum atomic E-state index is -0.230. The van der Waals surface area contributed by atoms with Gasteiger partial charge in [-0.3, -0.25) is 4.79 Å². The molecule has 0 bridgehead atoms. The molecule has 1 unspecified atom stereocenters. The van der Waals surface area contributed by atoms with Gasteiger partial charge in [0.05, 0.1) is 17.4 Å². The highest BCUT2D eigenvalue weighted by Gasteiger charge is 2.18. The summed E-state index contributed by atoms with van der Waals surface area (Å²) < 4.78 is 1.93. The first-order valence-corrected chi connectivity index (χ1v) is 6.06. The maximum Gasteiger partial charge on any atom is 0.244 e. The van der Waals surface area contributed by atoms with Crippen molar-refractivity contribution in [2.45, 2.75) is 26.8 Å². The maximum atomic E-state index is 12.0. The minimum absolute atomic E-state index is 0.0764. The standard InChI is InChI=1S/C14H19N3O/c1-9-6-12-13(7-10(9)2)17(8-15-12)11(3)14(18)16(4)5/h6-8,11H,1-5H3. The van der Waals surface area contributed by atoms with Crippen molar-refractivity contribution in [1.29, 1.82) is 0 Å². The predicted octanol–water partition coefficient (Wildman–Crippen LogP) is 2.30. The molecule has 1 atom stereocenters. The monoisotopic (exact) mass is 245 g/mol. The van der Waals surface area contributed by atoms with Crippen LogP contribution in [0.5, 0.6) is 0 Å². The summed E-state index contributed by atoms with van der Waals surface area (Å²) in [7, 11) is 3.54. The fourth-order valence-corrected chi connectivity index (χ4v) is 2.08. The fraction of sp³-hybridized carbons (Fsp3) is 0.429. The lowest BCUT2D eigenvalue weighted by Gasteiger charge is -2.18. The van der Waals surface area contributed by atoms with Gasteiger partial charge in [-0.05, 0) is 44.0 Å². The lowest BCUT2D eigenvalue weighted by Crippen LogP contribution is -2.29. The normalized spacial score (nSPS) is 12.7. The van der Waals surface area contributed by atoms with Gasteiger partial charge in [0, 0.05) is 14.1 Å². The SMILES string of the molecule is Cc1cc2ncn(C(C)C(=O)N(C)C)c2cc1C. The third kappa shape index (κ3) is 1.98. The van der Waals surface area contributed by atoms with E-state index in [-0.39, 0.29) is 11.9 Å². The lowest BCUT2D eigenvalue weighted by atomic mass is 10.1. The molecule has 4 nitrogen and oxygen atoms in total. The molecule has 96 valence electrons. The molecule has 1 aromatic heterocycles. The topological polar surface area (TPSA) is 38.1 Å². The molecule has 0 N–H and O–H groups in total. The number of nitrogens with zero attached hydrogens (tertiary/aromatic N) is 3. The van der Waals surface area contributed by atoms with Crippen LogP contribution in [-0.4, -0.2) is 34.5 Å². The molecular formula is C14H19N3O. The number of aromatic nitrogens is 2. The molecule has 0 spiro atoms. The Labute approximate surface area is 107 Å². The van der Waals surface area contributed by atoms with Crippen molar-refractivity contribution in [3.05, 3.63) is 29.6 Å². The number of hydrogen-bond donors (Lipinski definition) is 0. The van der Waals surface area contributed by atoms with Crippen molar-refractivity contribution >= 4 is 16.9 Å². The fourth-order valence-electron chi connectivity index (χ4n) is 2.08. The summed E-state index contributed by atoms with van der Waals surface area (Å²) in [6.07, 6.45) is 1.75. The number of imidazole rings is 1. The second-order valence-electron chi connectivity index (χ2n) is 4.99. The Morgan fingerprint density at radius 3 is 2.50 bits per heavy atom. The molecule has 4 heteroatoms. The Bertz CT molecular complexity index is 598. The summed E-state index contributed by atoms with van der Waals surface area (Å²) in [6.45, 7) is 6.05. The van der Waals surface area contributed by atoms with Crippen LogP contribution < -0.4 is 0 Å². The van der Waals surface area contributed by atoms with E-state index < -0.39 is 0 Å². The van der Waals surface area contributed by atoms with Crippen LogP contribution in [0.2, 0.25) is 0 Å². The van der Waals surface area contributed by atoms with Gasteiger partial charge in [0.25, 0.3) is 0 Å². The van der Waals surface area contributed by atoms with Crippen molar-refractivity contribution in [3.63, 3.8) is 0 Å². The number of carbonyl (C=O) groups is 1. The van der Waals surface area contributed by atoms with E-state index in [1.807, 2.05) is 11.5 Å². The van der Waals surface area contributed by atoms with Gasteiger partial charge in [-0.15, -0.1) is 0 Å². The van der Waals surface area contributed by atoms with Crippen LogP contribution in [0.1, 0.15) is 24.1 Å². The average molecular weight is 245 g/mol. The third-order valence-corrected chi connectivity index (χ3v) is 3.41. The van der Waals surface area contributed by atoms with Crippen LogP contribution in [0.4, 0.5) is 0 Å². The molecule has 0 fully saturated rings. The number of fused-ring (bicyclic) bond motifs is 1. The van der Waals surface area contributed by atoms with Gasteiger partial charge >= 0.3 is 0 Å². The molecule has 0 saturated heterocycles. The average Bonchev–Trinajstić information content (AvgIpc) is 2.70. The van der Waals surface area contributed by atoms with Gasteiger partial charge < -0.3 is 9.47 Å². The lowest BCUT2D eigenvalue weighted by molar-refractivity contribution is -0.131. The van der Waals surface area contributed by atoms with Gasteiger partial charge in [0.1, 0.15) is 6.04 Å². The Morgan fingerprint density at radius 2 is 1.89 bits per heavy atom. The van der Waals surface area contributed by atoms with E-state index in [0.29, 0.717) is 0 Å². The summed E-state index contributed by atoms with van der Waals surface area (Å²) in [4.78, 5) is 18.0. The van der Waals surface area contributed by atoms with Gasteiger partial charge in [0.15, 0.2) is 0 Å². The Balaban J connectivity index is 2.52. The molecule has 1 amide bonds. The van der Waals surface area contributed by atoms with Crippen LogP contribution in [0.25, 0.3) is 11.0 Å². The first-order chi connectivity index (χ1) is 8.41. The zero-order chi connectivity index (χ0) is 13.4. The van der Waals surface area contributed by atoms with Gasteiger partial charge in [0.2, 0.25) is 5.91 Å². The Hall–Kier alpha value is -1.84. The minimum Gasteiger partial charge on any atom is -0.347 e. The van der Waals surface area contributed by atoms with Crippen molar-refractivity contribution in [2.24, 2.45) is 0 Å². The van der Waals surface area contributed by atoms with Crippen molar-refractivity contribution < 1.29 is 4.79 Å². The van der Waals surface area contributed by atoms with E-state index >= 15 is 0 Å². The van der Waals surface area contributed by atoms with Crippen molar-refractivity contribution in [2.75, 3.05) is 14.1 Å². The van der Waals surface area contributed by atoms with Crippen molar-refractivity contribution in [1.82, 2.24) is 14.5 Å². The van der Waals surface area contributed by atoms with Crippen LogP contribution >= 0.6 is 0 Å². The van der Waals surface area contributed by atoms with E-state index in [1.54, 1.807) is 25.3 Å². The number of aryl methyl sites for hydroxylation is 2. The number of likely N-dealkylation sites (N-methyl/N-ethyl adjacent to an activating group) is 1. The van der Waals surface area contributed by atoms with E-state index in [0.717, 1.165) is 11.0 Å². The molecule has 18 heavy (non-hydrogen) atoms. The van der Waals surface area contributed by atoms with Crippen molar-refractivity contribution in [3.8, 4) is 0 Å². The summed E-state index contributed by atoms with van der Waals surface area (Å²) in [5.74, 6) is 0.0764. The molecule has 0 radical (unpaired) electrons. The van der Waals surface area contributed by atoms with Gasteiger partial charge in [-0.2, -0.15) is 0 Å². The van der Waals surface area contributed by atoms with E-state index in [1.165, 1.54) is 11.1 Å². The second kappa shape index (κ2) is 4.44. The molecule has 2 rings (SSSR count). The zero-order valence-electron chi connectivity index (χ0n) is 11.6. The molecule has 0 saturated carbocycles. The van der Waals surface area contributed by atoms with Crippen LogP contribution in [-0.2, 0) is 4.79 Å². The summed E-state index contributed by atoms with van der Waals surface area (Å²) in [6, 6.07) is 3.93. The first-order valence-electron chi connectivity index (χ1n) is 6.06. The Kier molecular flexibility index (Phi) is 3.11. The van der Waals surface area contributed by atoms with Crippen LogP contribution in [0, 0.1) is 13.8 Å². The maximum absolute atomic E-state index is 12.0. The highest BCUT2D eigenvalue weighted by Crippen LogP contribution is 2.22. The molecule has 2 aromatic rings. The summed E-state index contributed by atoms with van der Waals surface area (Å²) >= 11 is 0. The number of benzene rings is 1. The zero-order valence-corrected chi connectivity index (χ0v) is 11.6. The summed E-state index contributed by atoms with van der Waals surface area (Å²) in [5.41, 5.74) is 4.39. The summed E-state index contributed by atoms with van der Waals surface area (Å²) in [5, 5.41) is 0. The third-order valence-electron chi connectivity index (χ3n) is 3.41. The smallest absolute Gasteiger partial charge is 0.244 e. The molecule has 0 aliphatic heterocycles. The quantitative estimate of drug-likeness (QED) is 0.814. The van der Waals surface area contributed by atoms with E-state index in [2.05, 4.69) is 31.0 Å². The van der Waals surface area contributed by atoms with Gasteiger partial charge in [-0.25, -0.2) is 4.98 Å². The number of amides is 1. The Morgan fingerprint density at radius 1 is 1.28 bits per heavy atom. The van der Waals surface area contributed by atoms with Gasteiger partial charge in [-0.1, -0.05) is 0 Å². The molecular weight excluding hydrogens is 226 g/mol. The molecule has 1 aromatic carbocycles. The molecule has 0 aliphatic carbocycles. The number of hydrogen-bond acceptors (Lipinski definition) is 2. The largest absolute Gasteiger partial charge is 0.347 e. The van der Waals surface area contributed by atoms with Crippen LogP contribution in [0.3, 0.4) is 0 Å².